The average molecular weight is 1110 g/mol. The number of carbonyl (C=O) groups excluding carboxylic acids is 8. The number of Topliss-reactive ketones (excluding diaryl/α,β-unsaturated/α-hetero) is 2. The van der Waals surface area contributed by atoms with Gasteiger partial charge in [0.1, 0.15) is 24.2 Å². The van der Waals surface area contributed by atoms with Gasteiger partial charge in [-0.1, -0.05) is 83.1 Å². The Balaban J connectivity index is 0.00000640. The molecule has 9 N–H and O–H groups in total. The van der Waals surface area contributed by atoms with Crippen molar-refractivity contribution >= 4 is 77.5 Å². The van der Waals surface area contributed by atoms with Gasteiger partial charge in [-0.05, 0) is 143 Å². The molecular formula is C58H83Cl2N9O8. The third-order valence-electron chi connectivity index (χ3n) is 15.2. The summed E-state index contributed by atoms with van der Waals surface area (Å²) >= 11 is 0. The number of fused-ring (bicyclic) bond motifs is 2. The summed E-state index contributed by atoms with van der Waals surface area (Å²) in [5.41, 5.74) is 10.6. The van der Waals surface area contributed by atoms with Gasteiger partial charge in [-0.15, -0.1) is 24.8 Å². The molecular weight excluding hydrogens is 1020 g/mol. The van der Waals surface area contributed by atoms with Gasteiger partial charge in [0.05, 0.1) is 24.2 Å². The van der Waals surface area contributed by atoms with E-state index in [0.717, 1.165) is 55.2 Å². The number of amides is 6. The number of halogens is 2. The van der Waals surface area contributed by atoms with Crippen molar-refractivity contribution in [3.63, 3.8) is 0 Å². The van der Waals surface area contributed by atoms with Crippen LogP contribution in [0.3, 0.4) is 0 Å². The third kappa shape index (κ3) is 16.6. The average Bonchev–Trinajstić information content (AvgIpc) is 3.81. The topological polar surface area (TPSA) is 250 Å². The molecule has 6 rings (SSSR count). The molecule has 6 amide bonds. The van der Waals surface area contributed by atoms with Crippen LogP contribution in [0.2, 0.25) is 0 Å². The van der Waals surface area contributed by atoms with Crippen LogP contribution in [0.15, 0.2) is 66.7 Å². The lowest BCUT2D eigenvalue weighted by atomic mass is 9.85. The Kier molecular flexibility index (Phi) is 23.7. The highest BCUT2D eigenvalue weighted by Crippen LogP contribution is 2.35. The highest BCUT2D eigenvalue weighted by Gasteiger charge is 2.46. The van der Waals surface area contributed by atoms with Crippen LogP contribution in [-0.4, -0.2) is 109 Å². The highest BCUT2D eigenvalue weighted by molar-refractivity contribution is 6.03. The van der Waals surface area contributed by atoms with Crippen molar-refractivity contribution < 1.29 is 38.4 Å². The number of rotatable bonds is 22. The van der Waals surface area contributed by atoms with E-state index in [0.29, 0.717) is 0 Å². The van der Waals surface area contributed by atoms with E-state index in [-0.39, 0.29) is 128 Å². The van der Waals surface area contributed by atoms with Gasteiger partial charge in [0.15, 0.2) is 11.6 Å². The Morgan fingerprint density at radius 2 is 1.21 bits per heavy atom. The summed E-state index contributed by atoms with van der Waals surface area (Å²) < 4.78 is 0. The lowest BCUT2D eigenvalue weighted by Crippen LogP contribution is -2.59. The zero-order valence-corrected chi connectivity index (χ0v) is 47.8. The molecule has 17 nitrogen and oxygen atoms in total. The van der Waals surface area contributed by atoms with Crippen molar-refractivity contribution in [3.05, 3.63) is 100 Å². The van der Waals surface area contributed by atoms with Gasteiger partial charge in [0, 0.05) is 36.2 Å². The van der Waals surface area contributed by atoms with Gasteiger partial charge < -0.3 is 47.9 Å². The van der Waals surface area contributed by atoms with Crippen molar-refractivity contribution in [3.8, 4) is 0 Å². The van der Waals surface area contributed by atoms with Crippen molar-refractivity contribution in [2.24, 2.45) is 17.3 Å². The maximum absolute atomic E-state index is 14.7. The molecule has 1 heterocycles. The van der Waals surface area contributed by atoms with Crippen LogP contribution in [0.5, 0.6) is 0 Å². The zero-order valence-electron chi connectivity index (χ0n) is 46.2. The number of hydrogen-bond donors (Lipinski definition) is 8. The van der Waals surface area contributed by atoms with Crippen LogP contribution in [-0.2, 0) is 41.6 Å². The number of anilines is 1. The molecule has 1 saturated heterocycles. The number of ketones is 2. The van der Waals surface area contributed by atoms with E-state index in [2.05, 4.69) is 49.4 Å². The van der Waals surface area contributed by atoms with Crippen LogP contribution in [0.25, 0.3) is 0 Å². The van der Waals surface area contributed by atoms with Crippen LogP contribution in [0, 0.1) is 17.3 Å². The number of aryl methyl sites for hydroxylation is 2. The van der Waals surface area contributed by atoms with Gasteiger partial charge in [-0.25, -0.2) is 0 Å². The standard InChI is InChI=1S/C58H81N9O8.2ClH/c1-33(2)50(65-52(70)34(3)60-8)56(74)64-46(54(72)62-44-23-14-19-37-17-10-12-21-42(37)44)25-16-26-48(68)39-29-40(31-41(59)30-39)49(69)28-36-27-47(55(73)63-45-24-15-20-38-18-11-13-22-43(38)45)67(32-36)57(75)51(58(5,6)7)66-53(71)35(4)61-9;;/h10-13,17-18,21-22,29-31,33-36,44-47,50-51,60-61H,14-16,19-20,23-28,32,59H2,1-9H3,(H,62,72)(H,63,73)(H,64,74)(H,65,70)(H,66,71);2*1H/t34-,35-,36+,44+,45+,46-,47-,50-,51+;;/m0../s1. The number of nitrogen functional groups attached to an aromatic ring is 1. The Morgan fingerprint density at radius 1 is 0.675 bits per heavy atom. The predicted molar refractivity (Wildman–Crippen MR) is 304 cm³/mol. The summed E-state index contributed by atoms with van der Waals surface area (Å²) in [6, 6.07) is 15.0. The molecule has 0 saturated carbocycles. The summed E-state index contributed by atoms with van der Waals surface area (Å²) in [7, 11) is 3.30. The number of likely N-dealkylation sites (N-methyl/N-ethyl adjacent to an activating group) is 2. The maximum Gasteiger partial charge on any atom is 0.246 e. The van der Waals surface area contributed by atoms with Gasteiger partial charge in [0.25, 0.3) is 0 Å². The van der Waals surface area contributed by atoms with Crippen molar-refractivity contribution in [1.29, 1.82) is 0 Å². The van der Waals surface area contributed by atoms with E-state index in [1.165, 1.54) is 28.7 Å². The van der Waals surface area contributed by atoms with E-state index in [4.69, 9.17) is 5.73 Å². The molecule has 422 valence electrons. The zero-order chi connectivity index (χ0) is 54.7. The molecule has 1 aliphatic heterocycles. The molecule has 0 bridgehead atoms. The second-order valence-corrected chi connectivity index (χ2v) is 22.3. The fraction of sp³-hybridized carbons (Fsp3) is 0.552. The van der Waals surface area contributed by atoms with Gasteiger partial charge in [-0.3, -0.25) is 38.4 Å². The maximum atomic E-state index is 14.7. The predicted octanol–water partition coefficient (Wildman–Crippen LogP) is 6.02. The first-order valence-electron chi connectivity index (χ1n) is 26.9. The molecule has 0 spiro atoms. The number of nitrogens with two attached hydrogens (primary N) is 1. The largest absolute Gasteiger partial charge is 0.399 e. The molecule has 0 radical (unpaired) electrons. The first-order valence-corrected chi connectivity index (χ1v) is 26.9. The van der Waals surface area contributed by atoms with Gasteiger partial charge in [0.2, 0.25) is 35.4 Å². The minimum atomic E-state index is -1.04. The minimum absolute atomic E-state index is 0. The highest BCUT2D eigenvalue weighted by atomic mass is 35.5. The number of benzene rings is 3. The third-order valence-corrected chi connectivity index (χ3v) is 15.2. The number of hydrogen-bond acceptors (Lipinski definition) is 11. The van der Waals surface area contributed by atoms with E-state index in [1.54, 1.807) is 27.9 Å². The number of carbonyl (C=O) groups is 8. The normalized spacial score (nSPS) is 19.7. The Morgan fingerprint density at radius 3 is 1.75 bits per heavy atom. The lowest BCUT2D eigenvalue weighted by Gasteiger charge is -2.36. The van der Waals surface area contributed by atoms with Crippen LogP contribution in [0.1, 0.15) is 161 Å². The van der Waals surface area contributed by atoms with E-state index in [9.17, 15) is 38.4 Å². The molecule has 19 heteroatoms. The number of nitrogens with one attached hydrogen (secondary N) is 7. The Bertz CT molecular complexity index is 2590. The second-order valence-electron chi connectivity index (χ2n) is 22.3. The lowest BCUT2D eigenvalue weighted by molar-refractivity contribution is -0.144. The Labute approximate surface area is 467 Å². The van der Waals surface area contributed by atoms with Crippen LogP contribution < -0.4 is 43.0 Å². The molecule has 3 aromatic carbocycles. The number of likely N-dealkylation sites (tertiary alicyclic amines) is 1. The molecule has 9 atom stereocenters. The number of nitrogens with zero attached hydrogens (tertiary/aromatic N) is 1. The van der Waals surface area contributed by atoms with Crippen molar-refractivity contribution in [1.82, 2.24) is 42.1 Å². The Hall–Kier alpha value is -5.88. The molecule has 77 heavy (non-hydrogen) atoms. The van der Waals surface area contributed by atoms with Crippen molar-refractivity contribution in [2.45, 2.75) is 167 Å². The molecule has 0 unspecified atom stereocenters. The van der Waals surface area contributed by atoms with Gasteiger partial charge >= 0.3 is 0 Å². The van der Waals surface area contributed by atoms with Gasteiger partial charge in [-0.2, -0.15) is 0 Å². The fourth-order valence-electron chi connectivity index (χ4n) is 10.6. The van der Waals surface area contributed by atoms with Crippen LogP contribution >= 0.6 is 24.8 Å². The molecule has 3 aliphatic rings. The SMILES string of the molecule is CN[C@@H](C)C(=O)N[C@H](C(=O)N[C@@H](CCCC(=O)c1cc(N)cc(C(=O)C[C@H]2C[C@@H](C(=O)N[C@@H]3CCCc4ccccc43)N(C(=O)[C@@H](NC(=O)[C@H](C)NC)C(C)(C)C)C2)c1)C(=O)N[C@@H]1CCCc2ccccc21)C(C)C.Cl.Cl. The quantitative estimate of drug-likeness (QED) is 0.0427. The molecule has 3 aromatic rings. The summed E-state index contributed by atoms with van der Waals surface area (Å²) in [5, 5.41) is 20.8. The molecule has 1 fully saturated rings. The smallest absolute Gasteiger partial charge is 0.246 e. The van der Waals surface area contributed by atoms with Crippen molar-refractivity contribution in [2.75, 3.05) is 26.4 Å². The minimum Gasteiger partial charge on any atom is -0.399 e. The second kappa shape index (κ2) is 28.7. The summed E-state index contributed by atoms with van der Waals surface area (Å²) in [4.78, 5) is 113. The summed E-state index contributed by atoms with van der Waals surface area (Å²) in [6.07, 6.45) is 5.45. The summed E-state index contributed by atoms with van der Waals surface area (Å²) in [6.45, 7) is 12.6. The molecule has 2 aliphatic carbocycles. The monoisotopic (exact) mass is 1100 g/mol. The van der Waals surface area contributed by atoms with Crippen LogP contribution in [0.4, 0.5) is 5.69 Å². The first kappa shape index (κ1) is 63.7. The fourth-order valence-corrected chi connectivity index (χ4v) is 10.6. The first-order chi connectivity index (χ1) is 35.6. The van der Waals surface area contributed by atoms with E-state index >= 15 is 0 Å². The van der Waals surface area contributed by atoms with E-state index < -0.39 is 65.3 Å². The summed E-state index contributed by atoms with van der Waals surface area (Å²) in [5.74, 6) is -3.79. The van der Waals surface area contributed by atoms with E-state index in [1.807, 2.05) is 71.0 Å². The molecule has 0 aromatic heterocycles.